The molecule has 0 fully saturated rings. The molecule has 0 bridgehead atoms. The van der Waals surface area contributed by atoms with Crippen LogP contribution in [0.25, 0.3) is 11.3 Å². The van der Waals surface area contributed by atoms with Crippen LogP contribution in [-0.2, 0) is 0 Å². The van der Waals surface area contributed by atoms with Crippen LogP contribution in [0.3, 0.4) is 0 Å². The zero-order valence-corrected chi connectivity index (χ0v) is 6.77. The zero-order valence-electron chi connectivity index (χ0n) is 6.77. The molecule has 2 rings (SSSR count). The molecule has 1 heterocycles. The lowest BCUT2D eigenvalue weighted by Gasteiger charge is -1.89. The number of carboxylic acids is 1. The summed E-state index contributed by atoms with van der Waals surface area (Å²) in [6, 6.07) is 8.46. The Morgan fingerprint density at radius 1 is 1.31 bits per heavy atom. The average Bonchev–Trinajstić information content (AvgIpc) is 2.42. The fourth-order valence-corrected chi connectivity index (χ4v) is 1.21. The first-order chi connectivity index (χ1) is 6.27. The lowest BCUT2D eigenvalue weighted by atomic mass is 10.2. The number of carbonyl (C=O) groups is 1. The fourth-order valence-electron chi connectivity index (χ4n) is 1.21. The van der Waals surface area contributed by atoms with Gasteiger partial charge in [-0.1, -0.05) is 6.07 Å². The van der Waals surface area contributed by atoms with Crippen LogP contribution < -0.4 is 0 Å². The highest BCUT2D eigenvalue weighted by molar-refractivity contribution is 5.89. The van der Waals surface area contributed by atoms with E-state index >= 15 is 0 Å². The minimum atomic E-state index is -0.918. The lowest BCUT2D eigenvalue weighted by molar-refractivity contribution is 0.0697. The summed E-state index contributed by atoms with van der Waals surface area (Å²) in [5, 5.41) is 8.77. The number of hydrogen-bond donors (Lipinski definition) is 1. The molecule has 0 unspecified atom stereocenters. The Morgan fingerprint density at radius 2 is 2.15 bits per heavy atom. The van der Waals surface area contributed by atoms with Gasteiger partial charge in [-0.05, 0) is 24.3 Å². The maximum atomic E-state index is 10.7. The Hall–Kier alpha value is -1.90. The van der Waals surface area contributed by atoms with Crippen LogP contribution in [0.1, 0.15) is 10.4 Å². The van der Waals surface area contributed by atoms with Crippen LogP contribution in [0.15, 0.2) is 36.5 Å². The molecule has 0 aromatic carbocycles. The summed E-state index contributed by atoms with van der Waals surface area (Å²) in [6.07, 6.45) is 1.66. The van der Waals surface area contributed by atoms with Crippen molar-refractivity contribution in [2.45, 2.75) is 0 Å². The molecule has 0 atom stereocenters. The number of carboxylic acid groups (broad SMARTS) is 1. The molecule has 0 spiro atoms. The normalized spacial score (nSPS) is 10.2. The van der Waals surface area contributed by atoms with Crippen LogP contribution in [0.2, 0.25) is 0 Å². The van der Waals surface area contributed by atoms with Gasteiger partial charge in [0.15, 0.2) is 0 Å². The van der Waals surface area contributed by atoms with Crippen molar-refractivity contribution in [2.24, 2.45) is 0 Å². The molecule has 3 heteroatoms. The summed E-state index contributed by atoms with van der Waals surface area (Å²) in [6.45, 7) is 0. The van der Waals surface area contributed by atoms with E-state index in [0.29, 0.717) is 0 Å². The zero-order chi connectivity index (χ0) is 9.26. The molecule has 1 N–H and O–H groups in total. The summed E-state index contributed by atoms with van der Waals surface area (Å²) in [7, 11) is 0. The van der Waals surface area contributed by atoms with E-state index in [2.05, 4.69) is 4.98 Å². The van der Waals surface area contributed by atoms with Gasteiger partial charge in [-0.3, -0.25) is 4.98 Å². The highest BCUT2D eigenvalue weighted by Crippen LogP contribution is 2.19. The summed E-state index contributed by atoms with van der Waals surface area (Å²) in [5.74, 6) is -0.918. The second-order valence-electron chi connectivity index (χ2n) is 2.72. The first-order valence-electron chi connectivity index (χ1n) is 3.85. The minimum absolute atomic E-state index is 0.281. The molecule has 13 heavy (non-hydrogen) atoms. The van der Waals surface area contributed by atoms with E-state index in [1.54, 1.807) is 36.5 Å². The molecule has 1 aliphatic heterocycles. The van der Waals surface area contributed by atoms with E-state index in [1.807, 2.05) is 0 Å². The standard InChI is InChI=1S/C10H7NO2/c12-10(13)8-2-1-3-9-7(6-8)4-5-11-9/h1-6H,(H,12,13). The van der Waals surface area contributed by atoms with E-state index in [0.717, 1.165) is 11.3 Å². The Bertz CT molecular complexity index is 425. The Morgan fingerprint density at radius 3 is 2.92 bits per heavy atom. The summed E-state index contributed by atoms with van der Waals surface area (Å²) in [5.41, 5.74) is 1.94. The predicted octanol–water partition coefficient (Wildman–Crippen LogP) is 1.88. The van der Waals surface area contributed by atoms with Gasteiger partial charge in [0.2, 0.25) is 0 Å². The van der Waals surface area contributed by atoms with Crippen LogP contribution in [-0.4, -0.2) is 16.1 Å². The van der Waals surface area contributed by atoms with Gasteiger partial charge in [-0.2, -0.15) is 0 Å². The van der Waals surface area contributed by atoms with Crippen molar-refractivity contribution in [1.29, 1.82) is 0 Å². The molecule has 3 nitrogen and oxygen atoms in total. The highest BCUT2D eigenvalue weighted by Gasteiger charge is 2.05. The monoisotopic (exact) mass is 173 g/mol. The number of nitrogens with zero attached hydrogens (tertiary/aromatic N) is 1. The molecular weight excluding hydrogens is 166 g/mol. The Balaban J connectivity index is 2.64. The number of hydrogen-bond acceptors (Lipinski definition) is 2. The molecule has 0 aromatic heterocycles. The number of fused-ring (bicyclic) bond motifs is 1. The number of rotatable bonds is 1. The second kappa shape index (κ2) is 2.86. The van der Waals surface area contributed by atoms with Crippen molar-refractivity contribution in [1.82, 2.24) is 4.98 Å². The van der Waals surface area contributed by atoms with Gasteiger partial charge in [-0.15, -0.1) is 0 Å². The van der Waals surface area contributed by atoms with Gasteiger partial charge in [0, 0.05) is 11.8 Å². The molecule has 0 radical (unpaired) electrons. The number of aromatic nitrogens is 1. The van der Waals surface area contributed by atoms with Crippen molar-refractivity contribution < 1.29 is 9.90 Å². The van der Waals surface area contributed by atoms with Crippen molar-refractivity contribution in [2.75, 3.05) is 0 Å². The van der Waals surface area contributed by atoms with E-state index < -0.39 is 5.97 Å². The van der Waals surface area contributed by atoms with Crippen molar-refractivity contribution in [3.63, 3.8) is 0 Å². The van der Waals surface area contributed by atoms with Crippen molar-refractivity contribution in [3.8, 4) is 11.3 Å². The van der Waals surface area contributed by atoms with Gasteiger partial charge in [-0.25, -0.2) is 4.79 Å². The van der Waals surface area contributed by atoms with Gasteiger partial charge >= 0.3 is 5.97 Å². The van der Waals surface area contributed by atoms with Crippen molar-refractivity contribution >= 4 is 5.97 Å². The van der Waals surface area contributed by atoms with Gasteiger partial charge < -0.3 is 5.11 Å². The number of aromatic carboxylic acids is 1. The molecule has 0 saturated heterocycles. The van der Waals surface area contributed by atoms with Gasteiger partial charge in [0.25, 0.3) is 0 Å². The molecular formula is C10H7NO2. The Kier molecular flexibility index (Phi) is 1.70. The summed E-state index contributed by atoms with van der Waals surface area (Å²) in [4.78, 5) is 14.8. The van der Waals surface area contributed by atoms with E-state index in [1.165, 1.54) is 0 Å². The maximum absolute atomic E-state index is 10.7. The first-order valence-corrected chi connectivity index (χ1v) is 3.85. The fraction of sp³-hybridized carbons (Fsp3) is 0. The van der Waals surface area contributed by atoms with Gasteiger partial charge in [0.05, 0.1) is 11.3 Å². The SMILES string of the molecule is O=C(O)c1cccc2nccc-2c1. The smallest absolute Gasteiger partial charge is 0.335 e. The van der Waals surface area contributed by atoms with Crippen LogP contribution in [0.5, 0.6) is 0 Å². The lowest BCUT2D eigenvalue weighted by Crippen LogP contribution is -1.93. The van der Waals surface area contributed by atoms with E-state index in [4.69, 9.17) is 5.11 Å². The second-order valence-corrected chi connectivity index (χ2v) is 2.72. The maximum Gasteiger partial charge on any atom is 0.335 e. The molecule has 0 aromatic rings. The third-order valence-corrected chi connectivity index (χ3v) is 1.85. The van der Waals surface area contributed by atoms with E-state index in [-0.39, 0.29) is 5.56 Å². The summed E-state index contributed by atoms with van der Waals surface area (Å²) >= 11 is 0. The molecule has 0 amide bonds. The molecule has 64 valence electrons. The third kappa shape index (κ3) is 1.36. The van der Waals surface area contributed by atoms with Crippen LogP contribution >= 0.6 is 0 Å². The summed E-state index contributed by atoms with van der Waals surface area (Å²) < 4.78 is 0. The molecule has 1 aliphatic carbocycles. The van der Waals surface area contributed by atoms with E-state index in [9.17, 15) is 4.79 Å². The topological polar surface area (TPSA) is 50.2 Å². The van der Waals surface area contributed by atoms with Crippen LogP contribution in [0, 0.1) is 0 Å². The first kappa shape index (κ1) is 7.73. The molecule has 2 aliphatic rings. The minimum Gasteiger partial charge on any atom is -0.478 e. The Labute approximate surface area is 75.0 Å². The van der Waals surface area contributed by atoms with Crippen LogP contribution in [0.4, 0.5) is 0 Å². The third-order valence-electron chi connectivity index (χ3n) is 1.85. The molecule has 0 saturated carbocycles. The average molecular weight is 173 g/mol. The highest BCUT2D eigenvalue weighted by atomic mass is 16.4. The predicted molar refractivity (Wildman–Crippen MR) is 47.8 cm³/mol. The quantitative estimate of drug-likeness (QED) is 0.716. The van der Waals surface area contributed by atoms with Crippen molar-refractivity contribution in [3.05, 3.63) is 42.1 Å². The van der Waals surface area contributed by atoms with Gasteiger partial charge in [0.1, 0.15) is 0 Å². The largest absolute Gasteiger partial charge is 0.478 e.